The fourth-order valence-electron chi connectivity index (χ4n) is 5.56. The van der Waals surface area contributed by atoms with E-state index in [4.69, 9.17) is 4.42 Å². The van der Waals surface area contributed by atoms with Crippen LogP contribution in [-0.2, 0) is 11.3 Å². The Morgan fingerprint density at radius 2 is 1.89 bits per heavy atom. The number of amides is 2. The van der Waals surface area contributed by atoms with Crippen molar-refractivity contribution in [1.82, 2.24) is 19.6 Å². The molecular weight excluding hydrogens is 459 g/mol. The van der Waals surface area contributed by atoms with Gasteiger partial charge in [0.1, 0.15) is 11.4 Å². The van der Waals surface area contributed by atoms with Crippen LogP contribution in [0, 0.1) is 5.82 Å². The van der Waals surface area contributed by atoms with Crippen molar-refractivity contribution < 1.29 is 18.4 Å². The van der Waals surface area contributed by atoms with Gasteiger partial charge in [0, 0.05) is 63.5 Å². The number of furan rings is 1. The normalized spacial score (nSPS) is 18.8. The SMILES string of the molecule is CC(C)c1cc([C@H]2CCCN(C(=O)CCn3cccn3)C2)c(F)c2cc(C(=O)N3CCCCC3)oc12. The number of rotatable bonds is 6. The molecule has 36 heavy (non-hydrogen) atoms. The van der Waals surface area contributed by atoms with Gasteiger partial charge < -0.3 is 14.2 Å². The van der Waals surface area contributed by atoms with E-state index in [0.29, 0.717) is 55.7 Å². The summed E-state index contributed by atoms with van der Waals surface area (Å²) in [5.74, 6) is -0.195. The van der Waals surface area contributed by atoms with Gasteiger partial charge in [0.25, 0.3) is 5.91 Å². The summed E-state index contributed by atoms with van der Waals surface area (Å²) in [7, 11) is 0. The maximum absolute atomic E-state index is 16.0. The third-order valence-corrected chi connectivity index (χ3v) is 7.60. The predicted octanol–water partition coefficient (Wildman–Crippen LogP) is 5.31. The van der Waals surface area contributed by atoms with Gasteiger partial charge in [-0.1, -0.05) is 13.8 Å². The Bertz CT molecular complexity index is 1230. The molecule has 3 aromatic rings. The molecule has 5 rings (SSSR count). The number of aromatic nitrogens is 2. The largest absolute Gasteiger partial charge is 0.450 e. The minimum absolute atomic E-state index is 0.0681. The molecule has 2 aliphatic rings. The number of aryl methyl sites for hydroxylation is 1. The fourth-order valence-corrected chi connectivity index (χ4v) is 5.56. The smallest absolute Gasteiger partial charge is 0.289 e. The Morgan fingerprint density at radius 1 is 1.11 bits per heavy atom. The van der Waals surface area contributed by atoms with E-state index >= 15 is 4.39 Å². The minimum atomic E-state index is -0.327. The molecule has 0 radical (unpaired) electrons. The summed E-state index contributed by atoms with van der Waals surface area (Å²) < 4.78 is 23.8. The van der Waals surface area contributed by atoms with Crippen LogP contribution in [0.3, 0.4) is 0 Å². The zero-order valence-electron chi connectivity index (χ0n) is 21.2. The second-order valence-corrected chi connectivity index (χ2v) is 10.4. The summed E-state index contributed by atoms with van der Waals surface area (Å²) in [5.41, 5.74) is 1.99. The fraction of sp³-hybridized carbons (Fsp3) is 0.536. The predicted molar refractivity (Wildman–Crippen MR) is 135 cm³/mol. The summed E-state index contributed by atoms with van der Waals surface area (Å²) in [5, 5.41) is 4.54. The molecule has 1 aromatic carbocycles. The Labute approximate surface area is 211 Å². The van der Waals surface area contributed by atoms with E-state index in [1.165, 1.54) is 0 Å². The molecule has 4 heterocycles. The van der Waals surface area contributed by atoms with Gasteiger partial charge in [-0.2, -0.15) is 5.10 Å². The molecule has 8 heteroatoms. The summed E-state index contributed by atoms with van der Waals surface area (Å²) in [6, 6.07) is 5.34. The first kappa shape index (κ1) is 24.5. The van der Waals surface area contributed by atoms with Crippen molar-refractivity contribution >= 4 is 22.8 Å². The average Bonchev–Trinajstić information content (AvgIpc) is 3.58. The third-order valence-electron chi connectivity index (χ3n) is 7.60. The number of benzene rings is 1. The van der Waals surface area contributed by atoms with Crippen LogP contribution >= 0.6 is 0 Å². The number of likely N-dealkylation sites (tertiary alicyclic amines) is 2. The third kappa shape index (κ3) is 4.90. The van der Waals surface area contributed by atoms with E-state index in [2.05, 4.69) is 18.9 Å². The lowest BCUT2D eigenvalue weighted by atomic mass is 9.86. The molecule has 2 fully saturated rings. The van der Waals surface area contributed by atoms with Gasteiger partial charge in [-0.15, -0.1) is 0 Å². The molecule has 192 valence electrons. The quantitative estimate of drug-likeness (QED) is 0.465. The first-order valence-electron chi connectivity index (χ1n) is 13.2. The standard InChI is InChI=1S/C28H35FN4O3/c1-19(2)21-16-22(20-8-6-13-32(18-20)25(34)9-15-33-14-7-10-30-33)26(29)23-17-24(36-27(21)23)28(35)31-11-4-3-5-12-31/h7,10,14,16-17,19-20H,3-6,8-9,11-13,15,18H2,1-2H3/t20-/m0/s1. The molecule has 0 N–H and O–H groups in total. The molecule has 1 atom stereocenters. The van der Waals surface area contributed by atoms with Crippen molar-refractivity contribution in [3.8, 4) is 0 Å². The molecule has 0 spiro atoms. The van der Waals surface area contributed by atoms with Crippen LogP contribution in [0.4, 0.5) is 4.39 Å². The highest BCUT2D eigenvalue weighted by Crippen LogP contribution is 2.38. The Hall–Kier alpha value is -3.16. The Balaban J connectivity index is 1.40. The lowest BCUT2D eigenvalue weighted by Crippen LogP contribution is -2.39. The van der Waals surface area contributed by atoms with Crippen LogP contribution in [0.1, 0.15) is 85.9 Å². The molecule has 0 aliphatic carbocycles. The molecule has 2 saturated heterocycles. The molecule has 0 unspecified atom stereocenters. The molecule has 0 bridgehead atoms. The van der Waals surface area contributed by atoms with Crippen LogP contribution in [0.5, 0.6) is 0 Å². The van der Waals surface area contributed by atoms with E-state index in [1.807, 2.05) is 28.1 Å². The molecule has 2 amide bonds. The van der Waals surface area contributed by atoms with Gasteiger partial charge in [-0.05, 0) is 61.3 Å². The molecule has 7 nitrogen and oxygen atoms in total. The molecule has 0 saturated carbocycles. The number of piperidine rings is 2. The zero-order chi connectivity index (χ0) is 25.2. The lowest BCUT2D eigenvalue weighted by Gasteiger charge is -2.33. The van der Waals surface area contributed by atoms with Gasteiger partial charge in [0.15, 0.2) is 5.76 Å². The van der Waals surface area contributed by atoms with Crippen LogP contribution in [0.25, 0.3) is 11.0 Å². The van der Waals surface area contributed by atoms with Gasteiger partial charge in [-0.25, -0.2) is 4.39 Å². The van der Waals surface area contributed by atoms with E-state index < -0.39 is 0 Å². The number of hydrogen-bond donors (Lipinski definition) is 0. The summed E-state index contributed by atoms with van der Waals surface area (Å²) in [4.78, 5) is 29.6. The molecule has 2 aliphatic heterocycles. The second kappa shape index (κ2) is 10.4. The lowest BCUT2D eigenvalue weighted by molar-refractivity contribution is -0.132. The van der Waals surface area contributed by atoms with Crippen molar-refractivity contribution in [2.75, 3.05) is 26.2 Å². The molecular formula is C28H35FN4O3. The van der Waals surface area contributed by atoms with Crippen molar-refractivity contribution in [2.24, 2.45) is 0 Å². The van der Waals surface area contributed by atoms with Crippen molar-refractivity contribution in [1.29, 1.82) is 0 Å². The summed E-state index contributed by atoms with van der Waals surface area (Å²) in [6.07, 6.45) is 8.67. The number of nitrogens with zero attached hydrogens (tertiary/aromatic N) is 4. The highest BCUT2D eigenvalue weighted by molar-refractivity contribution is 5.97. The van der Waals surface area contributed by atoms with Crippen LogP contribution in [-0.4, -0.2) is 57.6 Å². The highest BCUT2D eigenvalue weighted by atomic mass is 19.1. The van der Waals surface area contributed by atoms with Gasteiger partial charge >= 0.3 is 0 Å². The van der Waals surface area contributed by atoms with Gasteiger partial charge in [-0.3, -0.25) is 14.3 Å². The van der Waals surface area contributed by atoms with Crippen molar-refractivity contribution in [3.63, 3.8) is 0 Å². The Morgan fingerprint density at radius 3 is 2.61 bits per heavy atom. The van der Waals surface area contributed by atoms with Crippen molar-refractivity contribution in [2.45, 2.75) is 70.8 Å². The molecule has 2 aromatic heterocycles. The maximum atomic E-state index is 16.0. The van der Waals surface area contributed by atoms with Crippen LogP contribution < -0.4 is 0 Å². The monoisotopic (exact) mass is 494 g/mol. The minimum Gasteiger partial charge on any atom is -0.450 e. The average molecular weight is 495 g/mol. The first-order valence-corrected chi connectivity index (χ1v) is 13.2. The van der Waals surface area contributed by atoms with Crippen LogP contribution in [0.2, 0.25) is 0 Å². The van der Waals surface area contributed by atoms with Crippen LogP contribution in [0.15, 0.2) is 35.0 Å². The number of fused-ring (bicyclic) bond motifs is 1. The second-order valence-electron chi connectivity index (χ2n) is 10.4. The summed E-state index contributed by atoms with van der Waals surface area (Å²) in [6.45, 7) is 7.26. The van der Waals surface area contributed by atoms with E-state index in [0.717, 1.165) is 37.7 Å². The topological polar surface area (TPSA) is 71.6 Å². The Kier molecular flexibility index (Phi) is 7.12. The number of halogens is 1. The maximum Gasteiger partial charge on any atom is 0.289 e. The first-order chi connectivity index (χ1) is 17.4. The zero-order valence-corrected chi connectivity index (χ0v) is 21.2. The van der Waals surface area contributed by atoms with E-state index in [-0.39, 0.29) is 35.2 Å². The van der Waals surface area contributed by atoms with E-state index in [9.17, 15) is 9.59 Å². The van der Waals surface area contributed by atoms with E-state index in [1.54, 1.807) is 16.9 Å². The van der Waals surface area contributed by atoms with Gasteiger partial charge in [0.2, 0.25) is 5.91 Å². The number of hydrogen-bond acceptors (Lipinski definition) is 4. The van der Waals surface area contributed by atoms with Crippen molar-refractivity contribution in [3.05, 3.63) is 53.3 Å². The van der Waals surface area contributed by atoms with Gasteiger partial charge in [0.05, 0.1) is 5.39 Å². The number of carbonyl (C=O) groups is 2. The summed E-state index contributed by atoms with van der Waals surface area (Å²) >= 11 is 0. The highest BCUT2D eigenvalue weighted by Gasteiger charge is 2.30. The number of carbonyl (C=O) groups excluding carboxylic acids is 2.